The fraction of sp³-hybridized carbons (Fsp3) is 0.333. The van der Waals surface area contributed by atoms with Gasteiger partial charge in [0.25, 0.3) is 0 Å². The number of hydrogen-bond donors (Lipinski definition) is 1. The van der Waals surface area contributed by atoms with Gasteiger partial charge in [-0.1, -0.05) is 6.07 Å². The molecule has 0 aliphatic carbocycles. The molecular weight excluding hydrogens is 238 g/mol. The minimum absolute atomic E-state index is 0.0211. The third kappa shape index (κ3) is 3.29. The second-order valence-electron chi connectivity index (χ2n) is 4.31. The maximum absolute atomic E-state index is 5.49. The SMILES string of the molecule is CCOc1cncc(C(NC)c2cccc(C)n2)c1. The van der Waals surface area contributed by atoms with Gasteiger partial charge in [0.2, 0.25) is 0 Å². The van der Waals surface area contributed by atoms with E-state index in [0.717, 1.165) is 22.7 Å². The first kappa shape index (κ1) is 13.5. The third-order valence-corrected chi connectivity index (χ3v) is 2.87. The number of rotatable bonds is 5. The van der Waals surface area contributed by atoms with E-state index in [1.54, 1.807) is 6.20 Å². The first-order chi connectivity index (χ1) is 9.24. The van der Waals surface area contributed by atoms with Gasteiger partial charge in [0.05, 0.1) is 24.5 Å². The molecule has 0 radical (unpaired) electrons. The largest absolute Gasteiger partial charge is 0.492 e. The van der Waals surface area contributed by atoms with Crippen LogP contribution in [0, 0.1) is 6.92 Å². The van der Waals surface area contributed by atoms with Crippen molar-refractivity contribution in [2.75, 3.05) is 13.7 Å². The summed E-state index contributed by atoms with van der Waals surface area (Å²) in [6.45, 7) is 4.59. The summed E-state index contributed by atoms with van der Waals surface area (Å²) in [6, 6.07) is 8.05. The smallest absolute Gasteiger partial charge is 0.137 e. The summed E-state index contributed by atoms with van der Waals surface area (Å²) < 4.78 is 5.49. The molecular formula is C15H19N3O. The number of nitrogens with zero attached hydrogens (tertiary/aromatic N) is 2. The van der Waals surface area contributed by atoms with E-state index in [1.165, 1.54) is 0 Å². The van der Waals surface area contributed by atoms with E-state index in [9.17, 15) is 0 Å². The summed E-state index contributed by atoms with van der Waals surface area (Å²) >= 11 is 0. The fourth-order valence-electron chi connectivity index (χ4n) is 2.05. The van der Waals surface area contributed by atoms with Crippen molar-refractivity contribution in [3.05, 3.63) is 53.6 Å². The molecule has 4 nitrogen and oxygen atoms in total. The molecule has 1 N–H and O–H groups in total. The van der Waals surface area contributed by atoms with Gasteiger partial charge in [0, 0.05) is 11.9 Å². The molecule has 0 aromatic carbocycles. The van der Waals surface area contributed by atoms with Crippen LogP contribution in [-0.2, 0) is 0 Å². The lowest BCUT2D eigenvalue weighted by molar-refractivity contribution is 0.338. The maximum Gasteiger partial charge on any atom is 0.137 e. The molecule has 2 aromatic rings. The molecule has 19 heavy (non-hydrogen) atoms. The molecule has 0 spiro atoms. The zero-order valence-electron chi connectivity index (χ0n) is 11.6. The Hall–Kier alpha value is -1.94. The van der Waals surface area contributed by atoms with Gasteiger partial charge in [-0.05, 0) is 44.7 Å². The van der Waals surface area contributed by atoms with E-state index in [4.69, 9.17) is 4.74 Å². The van der Waals surface area contributed by atoms with Crippen LogP contribution in [0.3, 0.4) is 0 Å². The second-order valence-corrected chi connectivity index (χ2v) is 4.31. The first-order valence-corrected chi connectivity index (χ1v) is 6.43. The number of hydrogen-bond acceptors (Lipinski definition) is 4. The van der Waals surface area contributed by atoms with Crippen molar-refractivity contribution in [3.63, 3.8) is 0 Å². The first-order valence-electron chi connectivity index (χ1n) is 6.43. The van der Waals surface area contributed by atoms with Crippen molar-refractivity contribution in [3.8, 4) is 5.75 Å². The molecule has 4 heteroatoms. The minimum Gasteiger partial charge on any atom is -0.492 e. The lowest BCUT2D eigenvalue weighted by atomic mass is 10.0. The Kier molecular flexibility index (Phi) is 4.47. The van der Waals surface area contributed by atoms with Crippen molar-refractivity contribution in [2.45, 2.75) is 19.9 Å². The number of ether oxygens (including phenoxy) is 1. The number of aromatic nitrogens is 2. The topological polar surface area (TPSA) is 47.0 Å². The minimum atomic E-state index is 0.0211. The van der Waals surface area contributed by atoms with Gasteiger partial charge in [-0.2, -0.15) is 0 Å². The quantitative estimate of drug-likeness (QED) is 0.894. The van der Waals surface area contributed by atoms with Crippen LogP contribution in [0.25, 0.3) is 0 Å². The molecule has 1 unspecified atom stereocenters. The van der Waals surface area contributed by atoms with Crippen LogP contribution >= 0.6 is 0 Å². The molecule has 0 aliphatic rings. The Morgan fingerprint density at radius 1 is 1.32 bits per heavy atom. The van der Waals surface area contributed by atoms with Gasteiger partial charge in [-0.15, -0.1) is 0 Å². The predicted molar refractivity (Wildman–Crippen MR) is 75.3 cm³/mol. The Morgan fingerprint density at radius 2 is 2.16 bits per heavy atom. The Bertz CT molecular complexity index is 542. The molecule has 100 valence electrons. The number of nitrogens with one attached hydrogen (secondary N) is 1. The standard InChI is InChI=1S/C15H19N3O/c1-4-19-13-8-12(9-17-10-13)15(16-3)14-7-5-6-11(2)18-14/h5-10,15-16H,4H2,1-3H3. The number of pyridine rings is 2. The highest BCUT2D eigenvalue weighted by molar-refractivity contribution is 5.31. The normalized spacial score (nSPS) is 12.2. The van der Waals surface area contributed by atoms with E-state index >= 15 is 0 Å². The van der Waals surface area contributed by atoms with Gasteiger partial charge in [-0.25, -0.2) is 0 Å². The molecule has 0 saturated heterocycles. The van der Waals surface area contributed by atoms with Crippen molar-refractivity contribution in [1.29, 1.82) is 0 Å². The summed E-state index contributed by atoms with van der Waals surface area (Å²) in [7, 11) is 1.92. The second kappa shape index (κ2) is 6.29. The third-order valence-electron chi connectivity index (χ3n) is 2.87. The van der Waals surface area contributed by atoms with E-state index in [2.05, 4.69) is 15.3 Å². The van der Waals surface area contributed by atoms with E-state index in [0.29, 0.717) is 6.61 Å². The highest BCUT2D eigenvalue weighted by Gasteiger charge is 2.14. The van der Waals surface area contributed by atoms with Crippen molar-refractivity contribution >= 4 is 0 Å². The van der Waals surface area contributed by atoms with Crippen molar-refractivity contribution < 1.29 is 4.74 Å². The molecule has 0 saturated carbocycles. The van der Waals surface area contributed by atoms with Crippen LogP contribution in [0.5, 0.6) is 5.75 Å². The molecule has 2 rings (SSSR count). The van der Waals surface area contributed by atoms with Crippen molar-refractivity contribution in [2.24, 2.45) is 0 Å². The maximum atomic E-state index is 5.49. The van der Waals surface area contributed by atoms with Crippen LogP contribution in [0.2, 0.25) is 0 Å². The van der Waals surface area contributed by atoms with Gasteiger partial charge in [0.15, 0.2) is 0 Å². The summed E-state index contributed by atoms with van der Waals surface area (Å²) in [5, 5.41) is 3.27. The zero-order valence-corrected chi connectivity index (χ0v) is 11.6. The van der Waals surface area contributed by atoms with Crippen LogP contribution in [0.1, 0.15) is 29.9 Å². The summed E-state index contributed by atoms with van der Waals surface area (Å²) in [4.78, 5) is 8.79. The summed E-state index contributed by atoms with van der Waals surface area (Å²) in [6.07, 6.45) is 3.57. The monoisotopic (exact) mass is 257 g/mol. The molecule has 2 aromatic heterocycles. The number of aryl methyl sites for hydroxylation is 1. The Morgan fingerprint density at radius 3 is 2.84 bits per heavy atom. The van der Waals surface area contributed by atoms with Gasteiger partial charge in [0.1, 0.15) is 5.75 Å². The predicted octanol–water partition coefficient (Wildman–Crippen LogP) is 2.49. The van der Waals surface area contributed by atoms with Gasteiger partial charge >= 0.3 is 0 Å². The average Bonchev–Trinajstić information content (AvgIpc) is 2.41. The van der Waals surface area contributed by atoms with Gasteiger partial charge in [-0.3, -0.25) is 9.97 Å². The van der Waals surface area contributed by atoms with Crippen LogP contribution < -0.4 is 10.1 Å². The van der Waals surface area contributed by atoms with E-state index < -0.39 is 0 Å². The lowest BCUT2D eigenvalue weighted by Gasteiger charge is -2.17. The van der Waals surface area contributed by atoms with Crippen molar-refractivity contribution in [1.82, 2.24) is 15.3 Å². The van der Waals surface area contributed by atoms with E-state index in [-0.39, 0.29) is 6.04 Å². The average molecular weight is 257 g/mol. The summed E-state index contributed by atoms with van der Waals surface area (Å²) in [5.74, 6) is 0.785. The Labute approximate surface area is 113 Å². The summed E-state index contributed by atoms with van der Waals surface area (Å²) in [5.41, 5.74) is 3.04. The molecule has 0 bridgehead atoms. The molecule has 0 amide bonds. The van der Waals surface area contributed by atoms with Crippen LogP contribution in [0.15, 0.2) is 36.7 Å². The fourth-order valence-corrected chi connectivity index (χ4v) is 2.05. The molecule has 1 atom stereocenters. The molecule has 2 heterocycles. The zero-order chi connectivity index (χ0) is 13.7. The van der Waals surface area contributed by atoms with E-state index in [1.807, 2.05) is 51.4 Å². The van der Waals surface area contributed by atoms with Gasteiger partial charge < -0.3 is 10.1 Å². The molecule has 0 fully saturated rings. The molecule has 0 aliphatic heterocycles. The highest BCUT2D eigenvalue weighted by Crippen LogP contribution is 2.22. The van der Waals surface area contributed by atoms with Crippen LogP contribution in [0.4, 0.5) is 0 Å². The highest BCUT2D eigenvalue weighted by atomic mass is 16.5. The lowest BCUT2D eigenvalue weighted by Crippen LogP contribution is -2.19. The Balaban J connectivity index is 2.33. The van der Waals surface area contributed by atoms with Crippen LogP contribution in [-0.4, -0.2) is 23.6 Å².